The van der Waals surface area contributed by atoms with Gasteiger partial charge in [0, 0.05) is 52.9 Å². The lowest BCUT2D eigenvalue weighted by molar-refractivity contribution is -0.132. The van der Waals surface area contributed by atoms with Crippen molar-refractivity contribution < 1.29 is 9.53 Å². The molecule has 1 heterocycles. The molecule has 0 aromatic rings. The van der Waals surface area contributed by atoms with E-state index in [-0.39, 0.29) is 35.3 Å². The van der Waals surface area contributed by atoms with Gasteiger partial charge in [-0.2, -0.15) is 0 Å². The van der Waals surface area contributed by atoms with Crippen LogP contribution in [0.4, 0.5) is 0 Å². The van der Waals surface area contributed by atoms with Crippen LogP contribution in [0.2, 0.25) is 0 Å². The number of carbonyl (C=O) groups excluding carboxylic acids is 1. The zero-order valence-electron chi connectivity index (χ0n) is 18.1. The fourth-order valence-electron chi connectivity index (χ4n) is 4.38. The molecule has 1 aliphatic carbocycles. The second kappa shape index (κ2) is 13.6. The Morgan fingerprint density at radius 2 is 2.00 bits per heavy atom. The molecule has 7 heteroatoms. The van der Waals surface area contributed by atoms with Crippen LogP contribution in [0, 0.1) is 11.3 Å². The van der Waals surface area contributed by atoms with E-state index in [0.717, 1.165) is 51.6 Å². The van der Waals surface area contributed by atoms with Crippen LogP contribution in [0.25, 0.3) is 0 Å². The van der Waals surface area contributed by atoms with Crippen LogP contribution in [-0.4, -0.2) is 63.2 Å². The van der Waals surface area contributed by atoms with Gasteiger partial charge in [-0.25, -0.2) is 0 Å². The van der Waals surface area contributed by atoms with E-state index in [1.165, 1.54) is 32.1 Å². The van der Waals surface area contributed by atoms with E-state index < -0.39 is 0 Å². The molecule has 0 bridgehead atoms. The maximum absolute atomic E-state index is 12.4. The number of hydrogen-bond donors (Lipinski definition) is 2. The first-order valence-electron chi connectivity index (χ1n) is 10.9. The van der Waals surface area contributed by atoms with Crippen LogP contribution >= 0.6 is 24.0 Å². The Morgan fingerprint density at radius 3 is 2.64 bits per heavy atom. The fourth-order valence-corrected chi connectivity index (χ4v) is 4.38. The minimum atomic E-state index is 0. The fraction of sp³-hybridized carbons (Fsp3) is 0.905. The molecule has 0 aromatic carbocycles. The highest BCUT2D eigenvalue weighted by atomic mass is 127. The summed E-state index contributed by atoms with van der Waals surface area (Å²) in [6, 6.07) is 0. The summed E-state index contributed by atoms with van der Waals surface area (Å²) in [5.41, 5.74) is 0.290. The minimum Gasteiger partial charge on any atom is -0.385 e. The topological polar surface area (TPSA) is 66.0 Å². The van der Waals surface area contributed by atoms with Gasteiger partial charge in [0.25, 0.3) is 0 Å². The zero-order chi connectivity index (χ0) is 19.5. The number of ether oxygens (including phenoxy) is 1. The maximum atomic E-state index is 12.4. The maximum Gasteiger partial charge on any atom is 0.224 e. The molecule has 0 spiro atoms. The normalized spacial score (nSPS) is 21.9. The van der Waals surface area contributed by atoms with E-state index in [4.69, 9.17) is 9.73 Å². The predicted octanol–water partition coefficient (Wildman–Crippen LogP) is 3.41. The highest BCUT2D eigenvalue weighted by molar-refractivity contribution is 14.0. The summed E-state index contributed by atoms with van der Waals surface area (Å²) in [5.74, 6) is 1.72. The van der Waals surface area contributed by atoms with Crippen molar-refractivity contribution in [3.05, 3.63) is 0 Å². The lowest BCUT2D eigenvalue weighted by Gasteiger charge is -2.31. The quantitative estimate of drug-likeness (QED) is 0.285. The number of nitrogens with one attached hydrogen (secondary N) is 2. The summed E-state index contributed by atoms with van der Waals surface area (Å²) >= 11 is 0. The van der Waals surface area contributed by atoms with Crippen LogP contribution < -0.4 is 10.6 Å². The lowest BCUT2D eigenvalue weighted by atomic mass is 9.83. The standard InChI is InChI=1S/C21H40N4O2.HI/c1-4-22-20(24-17-21(12-15-27-3)10-5-6-11-21)23-13-9-19(26)25-14-7-8-18(2)16-25;/h18H,4-17H2,1-3H3,(H2,22,23,24);1H. The van der Waals surface area contributed by atoms with E-state index in [9.17, 15) is 4.79 Å². The lowest BCUT2D eigenvalue weighted by Crippen LogP contribution is -2.43. The number of nitrogens with zero attached hydrogens (tertiary/aromatic N) is 2. The van der Waals surface area contributed by atoms with Crippen LogP contribution in [0.3, 0.4) is 0 Å². The number of rotatable bonds is 9. The van der Waals surface area contributed by atoms with Crippen LogP contribution in [0.15, 0.2) is 4.99 Å². The van der Waals surface area contributed by atoms with Gasteiger partial charge in [0.15, 0.2) is 5.96 Å². The third-order valence-corrected chi connectivity index (χ3v) is 6.06. The molecule has 28 heavy (non-hydrogen) atoms. The van der Waals surface area contributed by atoms with Gasteiger partial charge in [0.05, 0.1) is 0 Å². The van der Waals surface area contributed by atoms with Crippen LogP contribution in [0.1, 0.15) is 65.2 Å². The first-order chi connectivity index (χ1) is 13.1. The van der Waals surface area contributed by atoms with E-state index in [1.54, 1.807) is 7.11 Å². The molecule has 2 fully saturated rings. The SMILES string of the molecule is CCNC(=NCC1(CCOC)CCCC1)NCCC(=O)N1CCCC(C)C1.I. The molecule has 1 amide bonds. The molecule has 1 saturated carbocycles. The Bertz CT molecular complexity index is 481. The molecule has 1 aliphatic heterocycles. The van der Waals surface area contributed by atoms with Gasteiger partial charge < -0.3 is 20.3 Å². The van der Waals surface area contributed by atoms with Crippen molar-refractivity contribution in [2.24, 2.45) is 16.3 Å². The minimum absolute atomic E-state index is 0. The number of piperidine rings is 1. The van der Waals surface area contributed by atoms with Gasteiger partial charge in [-0.3, -0.25) is 9.79 Å². The molecule has 0 aromatic heterocycles. The number of aliphatic imine (C=N–C) groups is 1. The summed E-state index contributed by atoms with van der Waals surface area (Å²) in [4.78, 5) is 19.3. The third kappa shape index (κ3) is 8.43. The second-order valence-electron chi connectivity index (χ2n) is 8.41. The number of methoxy groups -OCH3 is 1. The van der Waals surface area contributed by atoms with E-state index in [2.05, 4.69) is 24.5 Å². The molecule has 6 nitrogen and oxygen atoms in total. The van der Waals surface area contributed by atoms with Crippen LogP contribution in [-0.2, 0) is 9.53 Å². The molecular weight excluding hydrogens is 467 g/mol. The second-order valence-corrected chi connectivity index (χ2v) is 8.41. The molecule has 2 N–H and O–H groups in total. The Morgan fingerprint density at radius 1 is 1.25 bits per heavy atom. The summed E-state index contributed by atoms with van der Waals surface area (Å²) in [6.45, 7) is 9.25. The van der Waals surface area contributed by atoms with Gasteiger partial charge in [-0.15, -0.1) is 24.0 Å². The molecule has 2 rings (SSSR count). The highest BCUT2D eigenvalue weighted by Gasteiger charge is 2.33. The molecule has 1 unspecified atom stereocenters. The number of likely N-dealkylation sites (tertiary alicyclic amines) is 1. The summed E-state index contributed by atoms with van der Waals surface area (Å²) < 4.78 is 5.32. The van der Waals surface area contributed by atoms with Crippen molar-refractivity contribution in [1.82, 2.24) is 15.5 Å². The largest absolute Gasteiger partial charge is 0.385 e. The first-order valence-corrected chi connectivity index (χ1v) is 10.9. The average molecular weight is 508 g/mol. The molecule has 1 atom stereocenters. The van der Waals surface area contributed by atoms with Crippen LogP contribution in [0.5, 0.6) is 0 Å². The van der Waals surface area contributed by atoms with Crippen molar-refractivity contribution in [3.63, 3.8) is 0 Å². The number of hydrogen-bond acceptors (Lipinski definition) is 3. The molecule has 164 valence electrons. The van der Waals surface area contributed by atoms with Crippen molar-refractivity contribution in [2.45, 2.75) is 65.2 Å². The molecule has 1 saturated heterocycles. The Kier molecular flexibility index (Phi) is 12.4. The monoisotopic (exact) mass is 508 g/mol. The van der Waals surface area contributed by atoms with Gasteiger partial charge in [0.2, 0.25) is 5.91 Å². The number of carbonyl (C=O) groups is 1. The first kappa shape index (κ1) is 25.5. The van der Waals surface area contributed by atoms with Crippen molar-refractivity contribution in [3.8, 4) is 0 Å². The van der Waals surface area contributed by atoms with Crippen molar-refractivity contribution in [2.75, 3.05) is 46.4 Å². The average Bonchev–Trinajstić information content (AvgIpc) is 3.13. The van der Waals surface area contributed by atoms with Gasteiger partial charge in [-0.05, 0) is 50.4 Å². The Balaban J connectivity index is 0.00000392. The third-order valence-electron chi connectivity index (χ3n) is 6.06. The number of amides is 1. The summed E-state index contributed by atoms with van der Waals surface area (Å²) in [5, 5.41) is 6.68. The number of halogens is 1. The number of guanidine groups is 1. The smallest absolute Gasteiger partial charge is 0.224 e. The Labute approximate surface area is 188 Å². The highest BCUT2D eigenvalue weighted by Crippen LogP contribution is 2.41. The molecule has 2 aliphatic rings. The molecular formula is C21H41IN4O2. The van der Waals surface area contributed by atoms with Gasteiger partial charge >= 0.3 is 0 Å². The predicted molar refractivity (Wildman–Crippen MR) is 126 cm³/mol. The summed E-state index contributed by atoms with van der Waals surface area (Å²) in [7, 11) is 1.78. The van der Waals surface area contributed by atoms with Gasteiger partial charge in [-0.1, -0.05) is 19.8 Å². The summed E-state index contributed by atoms with van der Waals surface area (Å²) in [6.07, 6.45) is 9.07. The molecule has 0 radical (unpaired) electrons. The zero-order valence-corrected chi connectivity index (χ0v) is 20.4. The van der Waals surface area contributed by atoms with E-state index >= 15 is 0 Å². The van der Waals surface area contributed by atoms with Crippen molar-refractivity contribution >= 4 is 35.8 Å². The van der Waals surface area contributed by atoms with Gasteiger partial charge in [0.1, 0.15) is 0 Å². The van der Waals surface area contributed by atoms with E-state index in [1.807, 2.05) is 4.90 Å². The van der Waals surface area contributed by atoms with Crippen molar-refractivity contribution in [1.29, 1.82) is 0 Å². The van der Waals surface area contributed by atoms with E-state index in [0.29, 0.717) is 18.9 Å². The Hall–Kier alpha value is -0.570.